The minimum Gasteiger partial charge on any atom is -0.465 e. The van der Waals surface area contributed by atoms with E-state index in [0.29, 0.717) is 35.6 Å². The van der Waals surface area contributed by atoms with Crippen LogP contribution in [-0.2, 0) is 4.74 Å². The number of halogens is 1. The highest BCUT2D eigenvalue weighted by Gasteiger charge is 2.37. The molecule has 11 heteroatoms. The summed E-state index contributed by atoms with van der Waals surface area (Å²) < 4.78 is 7.71. The second-order valence-corrected chi connectivity index (χ2v) is 12.4. The zero-order valence-corrected chi connectivity index (χ0v) is 23.8. The van der Waals surface area contributed by atoms with E-state index >= 15 is 0 Å². The number of amides is 1. The second kappa shape index (κ2) is 10.8. The molecule has 2 aromatic heterocycles. The number of fused-ring (bicyclic) bond motifs is 1. The van der Waals surface area contributed by atoms with Crippen LogP contribution in [-0.4, -0.2) is 66.0 Å². The van der Waals surface area contributed by atoms with Crippen molar-refractivity contribution in [1.29, 1.82) is 0 Å². The number of aromatic nitrogens is 4. The van der Waals surface area contributed by atoms with Gasteiger partial charge in [0.2, 0.25) is 11.9 Å². The van der Waals surface area contributed by atoms with Gasteiger partial charge in [0.15, 0.2) is 5.65 Å². The van der Waals surface area contributed by atoms with Gasteiger partial charge in [0.1, 0.15) is 5.52 Å². The average molecular weight is 556 g/mol. The minimum atomic E-state index is -0.868. The van der Waals surface area contributed by atoms with Gasteiger partial charge in [-0.3, -0.25) is 4.57 Å². The van der Waals surface area contributed by atoms with E-state index in [9.17, 15) is 9.90 Å². The maximum Gasteiger partial charge on any atom is 0.407 e. The van der Waals surface area contributed by atoms with Crippen molar-refractivity contribution in [2.75, 3.05) is 23.8 Å². The van der Waals surface area contributed by atoms with E-state index in [-0.39, 0.29) is 17.6 Å². The molecule has 1 amide bonds. The van der Waals surface area contributed by atoms with Gasteiger partial charge in [0.25, 0.3) is 0 Å². The van der Waals surface area contributed by atoms with E-state index < -0.39 is 11.6 Å². The SMILES string of the molecule is CC1(Nc2ncc3nc(Nc4cccc(Cl)c4)n(C4CCC(N(C(=O)O)C(C)(C)C)CC4)c3n2)CCOCC1. The lowest BCUT2D eigenvalue weighted by atomic mass is 9.88. The van der Waals surface area contributed by atoms with Gasteiger partial charge >= 0.3 is 6.09 Å². The van der Waals surface area contributed by atoms with E-state index in [4.69, 9.17) is 26.3 Å². The van der Waals surface area contributed by atoms with Gasteiger partial charge in [0, 0.05) is 47.1 Å². The van der Waals surface area contributed by atoms with Gasteiger partial charge in [-0.05, 0) is 84.4 Å². The Morgan fingerprint density at radius 1 is 1.18 bits per heavy atom. The zero-order valence-electron chi connectivity index (χ0n) is 23.1. The summed E-state index contributed by atoms with van der Waals surface area (Å²) in [5, 5.41) is 17.5. The van der Waals surface area contributed by atoms with E-state index in [1.807, 2.05) is 45.0 Å². The predicted octanol–water partition coefficient (Wildman–Crippen LogP) is 6.47. The van der Waals surface area contributed by atoms with Crippen LogP contribution in [0.15, 0.2) is 30.5 Å². The molecule has 3 aromatic rings. The van der Waals surface area contributed by atoms with Crippen LogP contribution in [0.1, 0.15) is 72.3 Å². The molecule has 0 radical (unpaired) electrons. The molecule has 1 saturated heterocycles. The fourth-order valence-corrected chi connectivity index (χ4v) is 6.05. The highest BCUT2D eigenvalue weighted by molar-refractivity contribution is 6.30. The zero-order chi connectivity index (χ0) is 27.8. The molecule has 210 valence electrons. The number of nitrogens with zero attached hydrogens (tertiary/aromatic N) is 5. The minimum absolute atomic E-state index is 0.0294. The molecule has 2 fully saturated rings. The summed E-state index contributed by atoms with van der Waals surface area (Å²) >= 11 is 6.25. The van der Waals surface area contributed by atoms with Crippen LogP contribution in [0, 0.1) is 0 Å². The molecule has 1 aromatic carbocycles. The van der Waals surface area contributed by atoms with Crippen molar-refractivity contribution in [2.45, 2.75) is 89.4 Å². The van der Waals surface area contributed by atoms with E-state index in [0.717, 1.165) is 49.9 Å². The largest absolute Gasteiger partial charge is 0.465 e. The molecular weight excluding hydrogens is 518 g/mol. The Kier molecular flexibility index (Phi) is 7.61. The summed E-state index contributed by atoms with van der Waals surface area (Å²) in [5.41, 5.74) is 1.69. The lowest BCUT2D eigenvalue weighted by molar-refractivity contribution is 0.0514. The molecule has 39 heavy (non-hydrogen) atoms. The fourth-order valence-electron chi connectivity index (χ4n) is 5.86. The van der Waals surface area contributed by atoms with Crippen LogP contribution < -0.4 is 10.6 Å². The topological polar surface area (TPSA) is 117 Å². The smallest absolute Gasteiger partial charge is 0.407 e. The Morgan fingerprint density at radius 3 is 2.54 bits per heavy atom. The molecule has 0 bridgehead atoms. The normalized spacial score (nSPS) is 21.5. The van der Waals surface area contributed by atoms with Gasteiger partial charge < -0.3 is 25.4 Å². The summed E-state index contributed by atoms with van der Waals surface area (Å²) in [5.74, 6) is 1.24. The molecular formula is C28H38ClN7O3. The third-order valence-electron chi connectivity index (χ3n) is 7.85. The number of imidazole rings is 1. The molecule has 3 N–H and O–H groups in total. The first kappa shape index (κ1) is 27.5. The van der Waals surface area contributed by atoms with Gasteiger partial charge in [-0.1, -0.05) is 17.7 Å². The number of rotatable bonds is 6. The molecule has 0 atom stereocenters. The lowest BCUT2D eigenvalue weighted by Crippen LogP contribution is -2.52. The Morgan fingerprint density at radius 2 is 1.90 bits per heavy atom. The van der Waals surface area contributed by atoms with Crippen molar-refractivity contribution in [3.05, 3.63) is 35.5 Å². The molecule has 3 heterocycles. The molecule has 0 unspecified atom stereocenters. The monoisotopic (exact) mass is 555 g/mol. The molecule has 0 spiro atoms. The lowest BCUT2D eigenvalue weighted by Gasteiger charge is -2.43. The maximum atomic E-state index is 12.1. The first-order chi connectivity index (χ1) is 18.5. The number of carbonyl (C=O) groups is 1. The molecule has 1 aliphatic carbocycles. The molecule has 1 aliphatic heterocycles. The Balaban J connectivity index is 1.47. The van der Waals surface area contributed by atoms with Crippen LogP contribution in [0.4, 0.5) is 22.4 Å². The Labute approximate surface area is 234 Å². The summed E-state index contributed by atoms with van der Waals surface area (Å²) in [6, 6.07) is 7.61. The molecule has 1 saturated carbocycles. The quantitative estimate of drug-likeness (QED) is 0.317. The van der Waals surface area contributed by atoms with Crippen LogP contribution >= 0.6 is 11.6 Å². The van der Waals surface area contributed by atoms with Crippen molar-refractivity contribution in [3.8, 4) is 0 Å². The van der Waals surface area contributed by atoms with Gasteiger partial charge in [-0.25, -0.2) is 14.8 Å². The van der Waals surface area contributed by atoms with Crippen LogP contribution in [0.25, 0.3) is 11.2 Å². The predicted molar refractivity (Wildman–Crippen MR) is 153 cm³/mol. The molecule has 5 rings (SSSR count). The van der Waals surface area contributed by atoms with Gasteiger partial charge in [0.05, 0.1) is 6.20 Å². The first-order valence-electron chi connectivity index (χ1n) is 13.7. The van der Waals surface area contributed by atoms with Crippen LogP contribution in [0.3, 0.4) is 0 Å². The van der Waals surface area contributed by atoms with Crippen molar-refractivity contribution < 1.29 is 14.6 Å². The molecule has 10 nitrogen and oxygen atoms in total. The van der Waals surface area contributed by atoms with Crippen LogP contribution in [0.5, 0.6) is 0 Å². The van der Waals surface area contributed by atoms with Gasteiger partial charge in [-0.2, -0.15) is 4.98 Å². The number of hydrogen-bond donors (Lipinski definition) is 3. The number of benzene rings is 1. The number of ether oxygens (including phenoxy) is 1. The van der Waals surface area contributed by atoms with Crippen LogP contribution in [0.2, 0.25) is 5.02 Å². The van der Waals surface area contributed by atoms with Crippen molar-refractivity contribution in [1.82, 2.24) is 24.4 Å². The Bertz CT molecular complexity index is 1320. The number of carboxylic acid groups (broad SMARTS) is 1. The second-order valence-electron chi connectivity index (χ2n) is 11.9. The summed E-state index contributed by atoms with van der Waals surface area (Å²) in [4.78, 5) is 28.1. The third kappa shape index (κ3) is 6.06. The maximum absolute atomic E-state index is 12.1. The molecule has 2 aliphatic rings. The highest BCUT2D eigenvalue weighted by Crippen LogP contribution is 2.38. The summed E-state index contributed by atoms with van der Waals surface area (Å²) in [6.07, 6.45) is 5.80. The van der Waals surface area contributed by atoms with Crippen molar-refractivity contribution >= 4 is 46.4 Å². The van der Waals surface area contributed by atoms with Gasteiger partial charge in [-0.15, -0.1) is 0 Å². The van der Waals surface area contributed by atoms with E-state index in [1.54, 1.807) is 11.1 Å². The Hall–Kier alpha value is -3.11. The van der Waals surface area contributed by atoms with E-state index in [1.165, 1.54) is 0 Å². The fraction of sp³-hybridized carbons (Fsp3) is 0.571. The summed E-state index contributed by atoms with van der Waals surface area (Å²) in [7, 11) is 0. The van der Waals surface area contributed by atoms with Crippen molar-refractivity contribution in [2.24, 2.45) is 0 Å². The van der Waals surface area contributed by atoms with Crippen molar-refractivity contribution in [3.63, 3.8) is 0 Å². The highest BCUT2D eigenvalue weighted by atomic mass is 35.5. The number of anilines is 3. The number of hydrogen-bond acceptors (Lipinski definition) is 7. The number of nitrogens with one attached hydrogen (secondary N) is 2. The van der Waals surface area contributed by atoms with E-state index in [2.05, 4.69) is 27.1 Å². The average Bonchev–Trinajstić information content (AvgIpc) is 3.20. The summed E-state index contributed by atoms with van der Waals surface area (Å²) in [6.45, 7) is 9.46. The first-order valence-corrected chi connectivity index (χ1v) is 14.1. The third-order valence-corrected chi connectivity index (χ3v) is 8.08. The standard InChI is InChI=1S/C28H38ClN7O3/c1-27(2,3)36(26(37)38)21-10-8-20(9-11-21)35-23-22(32-25(35)31-19-7-5-6-18(29)16-19)17-30-24(33-23)34-28(4)12-14-39-15-13-28/h5-7,16-17,20-21H,8-15H2,1-4H3,(H,31,32)(H,37,38)(H,30,33,34).